The fraction of sp³-hybridized carbons (Fsp3) is 0.538. The Morgan fingerprint density at radius 1 is 1.39 bits per heavy atom. The van der Waals surface area contributed by atoms with Crippen molar-refractivity contribution < 1.29 is 4.79 Å². The number of carbonyl (C=O) groups excluding carboxylic acids is 1. The average Bonchev–Trinajstić information content (AvgIpc) is 2.40. The molecule has 0 aliphatic heterocycles. The molecule has 1 heterocycles. The van der Waals surface area contributed by atoms with E-state index in [0.717, 1.165) is 24.5 Å². The van der Waals surface area contributed by atoms with E-state index < -0.39 is 0 Å². The minimum atomic E-state index is 0.108. The number of hydrogen-bond acceptors (Lipinski definition) is 4. The van der Waals surface area contributed by atoms with E-state index in [1.54, 1.807) is 6.20 Å². The molecule has 5 heteroatoms. The molecular weight excluding hydrogens is 228 g/mol. The number of hydrogen-bond donors (Lipinski definition) is 1. The maximum absolute atomic E-state index is 12.0. The molecule has 5 nitrogen and oxygen atoms in total. The van der Waals surface area contributed by atoms with Crippen LogP contribution >= 0.6 is 0 Å². The van der Waals surface area contributed by atoms with E-state index in [-0.39, 0.29) is 5.91 Å². The first kappa shape index (κ1) is 14.4. The van der Waals surface area contributed by atoms with Gasteiger partial charge < -0.3 is 15.5 Å². The molecule has 1 rings (SSSR count). The summed E-state index contributed by atoms with van der Waals surface area (Å²) in [4.78, 5) is 20.0. The molecule has 0 fully saturated rings. The molecule has 18 heavy (non-hydrogen) atoms. The van der Waals surface area contributed by atoms with Gasteiger partial charge in [0.05, 0.1) is 6.54 Å². The van der Waals surface area contributed by atoms with E-state index in [9.17, 15) is 4.79 Å². The Labute approximate surface area is 109 Å². The molecule has 0 aliphatic carbocycles. The lowest BCUT2D eigenvalue weighted by Crippen LogP contribution is -2.39. The number of likely N-dealkylation sites (N-methyl/N-ethyl adjacent to an activating group) is 2. The van der Waals surface area contributed by atoms with Crippen LogP contribution in [-0.4, -0.2) is 42.5 Å². The first-order chi connectivity index (χ1) is 8.63. The fourth-order valence-electron chi connectivity index (χ4n) is 1.89. The maximum atomic E-state index is 12.0. The van der Waals surface area contributed by atoms with Crippen molar-refractivity contribution in [1.29, 1.82) is 0 Å². The number of nitrogens with zero attached hydrogens (tertiary/aromatic N) is 3. The molecule has 0 atom stereocenters. The van der Waals surface area contributed by atoms with Crippen molar-refractivity contribution in [3.8, 4) is 0 Å². The maximum Gasteiger partial charge on any atom is 0.242 e. The highest BCUT2D eigenvalue weighted by Crippen LogP contribution is 2.14. The number of pyridine rings is 1. The second-order valence-electron chi connectivity index (χ2n) is 4.11. The number of rotatable bonds is 6. The van der Waals surface area contributed by atoms with Crippen molar-refractivity contribution in [3.05, 3.63) is 23.9 Å². The Bertz CT molecular complexity index is 390. The van der Waals surface area contributed by atoms with E-state index in [1.807, 2.05) is 42.8 Å². The number of nitrogens with two attached hydrogens (primary N) is 1. The molecule has 1 aromatic rings. The zero-order valence-corrected chi connectivity index (χ0v) is 11.4. The zero-order valence-electron chi connectivity index (χ0n) is 11.4. The smallest absolute Gasteiger partial charge is 0.242 e. The summed E-state index contributed by atoms with van der Waals surface area (Å²) in [5.74, 6) is 0.886. The Kier molecular flexibility index (Phi) is 5.58. The minimum absolute atomic E-state index is 0.108. The van der Waals surface area contributed by atoms with Crippen LogP contribution in [0.3, 0.4) is 0 Å². The molecule has 1 aromatic heterocycles. The van der Waals surface area contributed by atoms with Crippen LogP contribution in [0.1, 0.15) is 19.4 Å². The predicted octanol–water partition coefficient (Wildman–Crippen LogP) is 0.845. The summed E-state index contributed by atoms with van der Waals surface area (Å²) in [6, 6.07) is 3.78. The van der Waals surface area contributed by atoms with Gasteiger partial charge in [0.2, 0.25) is 5.91 Å². The Morgan fingerprint density at radius 3 is 2.61 bits per heavy atom. The molecule has 0 saturated heterocycles. The summed E-state index contributed by atoms with van der Waals surface area (Å²) in [7, 11) is 1.86. The van der Waals surface area contributed by atoms with Crippen molar-refractivity contribution >= 4 is 11.7 Å². The van der Waals surface area contributed by atoms with Gasteiger partial charge in [0.15, 0.2) is 0 Å². The third-order valence-corrected chi connectivity index (χ3v) is 2.94. The highest BCUT2D eigenvalue weighted by molar-refractivity contribution is 5.81. The number of carbonyl (C=O) groups is 1. The van der Waals surface area contributed by atoms with E-state index in [0.29, 0.717) is 13.1 Å². The molecule has 0 aliphatic rings. The quantitative estimate of drug-likeness (QED) is 0.813. The van der Waals surface area contributed by atoms with Crippen LogP contribution in [0.4, 0.5) is 5.82 Å². The van der Waals surface area contributed by atoms with Gasteiger partial charge in [0.25, 0.3) is 0 Å². The monoisotopic (exact) mass is 250 g/mol. The largest absolute Gasteiger partial charge is 0.350 e. The van der Waals surface area contributed by atoms with Crippen molar-refractivity contribution in [1.82, 2.24) is 9.88 Å². The van der Waals surface area contributed by atoms with E-state index >= 15 is 0 Å². The van der Waals surface area contributed by atoms with Crippen molar-refractivity contribution in [2.45, 2.75) is 20.4 Å². The topological polar surface area (TPSA) is 62.5 Å². The fourth-order valence-corrected chi connectivity index (χ4v) is 1.89. The van der Waals surface area contributed by atoms with Crippen LogP contribution in [0.25, 0.3) is 0 Å². The second-order valence-corrected chi connectivity index (χ2v) is 4.11. The Balaban J connectivity index is 2.76. The summed E-state index contributed by atoms with van der Waals surface area (Å²) >= 11 is 0. The van der Waals surface area contributed by atoms with Gasteiger partial charge in [-0.1, -0.05) is 6.07 Å². The molecule has 2 N–H and O–H groups in total. The number of anilines is 1. The minimum Gasteiger partial charge on any atom is -0.350 e. The lowest BCUT2D eigenvalue weighted by molar-refractivity contribution is -0.129. The molecule has 0 spiro atoms. The van der Waals surface area contributed by atoms with Gasteiger partial charge in [-0.25, -0.2) is 4.98 Å². The van der Waals surface area contributed by atoms with Gasteiger partial charge in [0.1, 0.15) is 5.82 Å². The highest BCUT2D eigenvalue weighted by atomic mass is 16.2. The summed E-state index contributed by atoms with van der Waals surface area (Å²) in [5.41, 5.74) is 6.62. The lowest BCUT2D eigenvalue weighted by Gasteiger charge is -2.24. The third kappa shape index (κ3) is 3.43. The van der Waals surface area contributed by atoms with Crippen LogP contribution in [-0.2, 0) is 11.3 Å². The zero-order chi connectivity index (χ0) is 13.5. The standard InChI is InChI=1S/C13H22N4O/c1-4-17(5-2)12(18)10-16(3)13-11(9-14)7-6-8-15-13/h6-8H,4-5,9-10,14H2,1-3H3. The highest BCUT2D eigenvalue weighted by Gasteiger charge is 2.15. The summed E-state index contributed by atoms with van der Waals surface area (Å²) in [5, 5.41) is 0. The van der Waals surface area contributed by atoms with Gasteiger partial charge in [-0.2, -0.15) is 0 Å². The third-order valence-electron chi connectivity index (χ3n) is 2.94. The SMILES string of the molecule is CCN(CC)C(=O)CN(C)c1ncccc1CN. The summed E-state index contributed by atoms with van der Waals surface area (Å²) < 4.78 is 0. The molecule has 0 unspecified atom stereocenters. The van der Waals surface area contributed by atoms with Crippen molar-refractivity contribution in [3.63, 3.8) is 0 Å². The molecule has 0 aromatic carbocycles. The molecule has 0 saturated carbocycles. The van der Waals surface area contributed by atoms with Crippen LogP contribution in [0.5, 0.6) is 0 Å². The van der Waals surface area contributed by atoms with E-state index in [4.69, 9.17) is 5.73 Å². The Morgan fingerprint density at radius 2 is 2.06 bits per heavy atom. The molecule has 1 amide bonds. The van der Waals surface area contributed by atoms with Gasteiger partial charge in [-0.15, -0.1) is 0 Å². The molecular formula is C13H22N4O. The van der Waals surface area contributed by atoms with E-state index in [2.05, 4.69) is 4.98 Å². The van der Waals surface area contributed by atoms with Crippen LogP contribution < -0.4 is 10.6 Å². The summed E-state index contributed by atoms with van der Waals surface area (Å²) in [6.07, 6.45) is 1.72. The molecule has 0 radical (unpaired) electrons. The van der Waals surface area contributed by atoms with Crippen molar-refractivity contribution in [2.75, 3.05) is 31.6 Å². The molecule has 0 bridgehead atoms. The Hall–Kier alpha value is -1.62. The van der Waals surface area contributed by atoms with Crippen LogP contribution in [0, 0.1) is 0 Å². The normalized spacial score (nSPS) is 10.2. The van der Waals surface area contributed by atoms with Crippen LogP contribution in [0.2, 0.25) is 0 Å². The second kappa shape index (κ2) is 6.96. The lowest BCUT2D eigenvalue weighted by atomic mass is 10.2. The number of aromatic nitrogens is 1. The first-order valence-corrected chi connectivity index (χ1v) is 6.26. The molecule has 100 valence electrons. The first-order valence-electron chi connectivity index (χ1n) is 6.26. The summed E-state index contributed by atoms with van der Waals surface area (Å²) in [6.45, 7) is 6.17. The van der Waals surface area contributed by atoms with Gasteiger partial charge in [-0.05, 0) is 19.9 Å². The van der Waals surface area contributed by atoms with Gasteiger partial charge >= 0.3 is 0 Å². The number of amides is 1. The van der Waals surface area contributed by atoms with Crippen molar-refractivity contribution in [2.24, 2.45) is 5.73 Å². The van der Waals surface area contributed by atoms with E-state index in [1.165, 1.54) is 0 Å². The van der Waals surface area contributed by atoms with Crippen LogP contribution in [0.15, 0.2) is 18.3 Å². The van der Waals surface area contributed by atoms with Gasteiger partial charge in [0, 0.05) is 38.4 Å². The predicted molar refractivity (Wildman–Crippen MR) is 73.3 cm³/mol. The average molecular weight is 250 g/mol. The van der Waals surface area contributed by atoms with Gasteiger partial charge in [-0.3, -0.25) is 4.79 Å².